The maximum absolute atomic E-state index is 13.9. The average Bonchev–Trinajstić information content (AvgIpc) is 2.90. The van der Waals surface area contributed by atoms with Crippen LogP contribution in [0.2, 0.25) is 0 Å². The predicted molar refractivity (Wildman–Crippen MR) is 127 cm³/mol. The van der Waals surface area contributed by atoms with Gasteiger partial charge in [-0.05, 0) is 65.8 Å². The Hall–Kier alpha value is -2.75. The molecule has 0 unspecified atom stereocenters. The fourth-order valence-electron chi connectivity index (χ4n) is 4.07. The van der Waals surface area contributed by atoms with Crippen molar-refractivity contribution in [3.05, 3.63) is 83.2 Å². The molecule has 0 spiro atoms. The molecule has 6 nitrogen and oxygen atoms in total. The van der Waals surface area contributed by atoms with Gasteiger partial charge in [-0.2, -0.15) is 0 Å². The fraction of sp³-hybridized carbons (Fsp3) is 0.280. The summed E-state index contributed by atoms with van der Waals surface area (Å²) in [6.07, 6.45) is 0.826. The molecule has 1 heterocycles. The molecule has 0 fully saturated rings. The topological polar surface area (TPSA) is 89.5 Å². The van der Waals surface area contributed by atoms with Crippen LogP contribution < -0.4 is 9.46 Å². The van der Waals surface area contributed by atoms with Crippen LogP contribution >= 0.6 is 0 Å². The predicted octanol–water partition coefficient (Wildman–Crippen LogP) is 4.24. The zero-order valence-electron chi connectivity index (χ0n) is 18.9. The van der Waals surface area contributed by atoms with Gasteiger partial charge in [0.15, 0.2) is 0 Å². The van der Waals surface area contributed by atoms with Gasteiger partial charge in [-0.15, -0.1) is 0 Å². The maximum Gasteiger partial charge on any atom is 0.241 e. The van der Waals surface area contributed by atoms with Gasteiger partial charge >= 0.3 is 0 Å². The Kier molecular flexibility index (Phi) is 6.80. The highest BCUT2D eigenvalue weighted by atomic mass is 32.2. The molecule has 4 rings (SSSR count). The fourth-order valence-corrected chi connectivity index (χ4v) is 7.33. The van der Waals surface area contributed by atoms with Crippen LogP contribution in [0.5, 0.6) is 5.75 Å². The SMILES string of the molecule is CC(C)c1cc2c(cc1S(=O)(=O)NCCOc1ccccc1)S(=O)(=O)c1cc(F)ccc1CC2. The summed E-state index contributed by atoms with van der Waals surface area (Å²) in [6.45, 7) is 3.83. The quantitative estimate of drug-likeness (QED) is 0.487. The minimum atomic E-state index is -4.10. The van der Waals surface area contributed by atoms with Gasteiger partial charge in [0.1, 0.15) is 18.2 Å². The first-order valence-electron chi connectivity index (χ1n) is 11.0. The van der Waals surface area contributed by atoms with Gasteiger partial charge < -0.3 is 4.74 Å². The van der Waals surface area contributed by atoms with E-state index in [1.165, 1.54) is 18.2 Å². The van der Waals surface area contributed by atoms with E-state index in [9.17, 15) is 21.2 Å². The van der Waals surface area contributed by atoms with Gasteiger partial charge in [0.25, 0.3) is 0 Å². The number of ether oxygens (including phenoxy) is 1. The maximum atomic E-state index is 13.9. The molecule has 0 radical (unpaired) electrons. The molecule has 34 heavy (non-hydrogen) atoms. The number of para-hydroxylation sites is 1. The van der Waals surface area contributed by atoms with Crippen molar-refractivity contribution in [2.24, 2.45) is 0 Å². The molecule has 9 heteroatoms. The Bertz CT molecular complexity index is 1420. The highest BCUT2D eigenvalue weighted by molar-refractivity contribution is 7.92. The van der Waals surface area contributed by atoms with Crippen molar-refractivity contribution in [2.75, 3.05) is 13.2 Å². The molecule has 0 aliphatic carbocycles. The molecule has 3 aromatic rings. The van der Waals surface area contributed by atoms with Gasteiger partial charge in [-0.25, -0.2) is 25.9 Å². The van der Waals surface area contributed by atoms with Crippen molar-refractivity contribution in [1.29, 1.82) is 0 Å². The number of aryl methyl sites for hydroxylation is 2. The second-order valence-corrected chi connectivity index (χ2v) is 12.1. The Labute approximate surface area is 199 Å². The number of sulfone groups is 1. The Morgan fingerprint density at radius 3 is 2.35 bits per heavy atom. The van der Waals surface area contributed by atoms with E-state index >= 15 is 0 Å². The number of hydrogen-bond acceptors (Lipinski definition) is 5. The molecule has 0 saturated carbocycles. The minimum absolute atomic E-state index is 0.00659. The Balaban J connectivity index is 1.69. The van der Waals surface area contributed by atoms with E-state index in [2.05, 4.69) is 4.72 Å². The lowest BCUT2D eigenvalue weighted by Gasteiger charge is -2.18. The van der Waals surface area contributed by atoms with Crippen LogP contribution in [-0.2, 0) is 32.7 Å². The van der Waals surface area contributed by atoms with E-state index in [4.69, 9.17) is 4.74 Å². The summed E-state index contributed by atoms with van der Waals surface area (Å²) in [7, 11) is -8.14. The van der Waals surface area contributed by atoms with E-state index in [0.717, 1.165) is 6.07 Å². The van der Waals surface area contributed by atoms with E-state index in [1.807, 2.05) is 32.0 Å². The number of benzene rings is 3. The second kappa shape index (κ2) is 9.48. The number of halogens is 1. The van der Waals surface area contributed by atoms with Crippen LogP contribution in [0.1, 0.15) is 36.5 Å². The highest BCUT2D eigenvalue weighted by Crippen LogP contribution is 2.37. The van der Waals surface area contributed by atoms with Crippen LogP contribution in [0, 0.1) is 5.82 Å². The Morgan fingerprint density at radius 1 is 0.971 bits per heavy atom. The molecule has 0 aromatic heterocycles. The van der Waals surface area contributed by atoms with Crippen LogP contribution in [-0.4, -0.2) is 30.0 Å². The summed E-state index contributed by atoms with van der Waals surface area (Å²) in [5.41, 5.74) is 1.58. The first kappa shape index (κ1) is 24.4. The van der Waals surface area contributed by atoms with Gasteiger partial charge in [-0.1, -0.05) is 44.2 Å². The Morgan fingerprint density at radius 2 is 1.65 bits per heavy atom. The van der Waals surface area contributed by atoms with Gasteiger partial charge in [0.2, 0.25) is 19.9 Å². The van der Waals surface area contributed by atoms with Crippen LogP contribution in [0.25, 0.3) is 0 Å². The molecule has 3 aromatic carbocycles. The third kappa shape index (κ3) is 4.87. The normalized spacial score (nSPS) is 14.8. The lowest BCUT2D eigenvalue weighted by atomic mass is 9.97. The minimum Gasteiger partial charge on any atom is -0.492 e. The lowest BCUT2D eigenvalue weighted by Crippen LogP contribution is -2.29. The monoisotopic (exact) mass is 503 g/mol. The van der Waals surface area contributed by atoms with Crippen molar-refractivity contribution in [1.82, 2.24) is 4.72 Å². The molecule has 1 aliphatic rings. The third-order valence-electron chi connectivity index (χ3n) is 5.78. The molecule has 0 atom stereocenters. The van der Waals surface area contributed by atoms with Crippen molar-refractivity contribution >= 4 is 19.9 Å². The summed E-state index contributed by atoms with van der Waals surface area (Å²) < 4.78 is 75.3. The molecule has 0 bridgehead atoms. The summed E-state index contributed by atoms with van der Waals surface area (Å²) in [5.74, 6) is -0.202. The van der Waals surface area contributed by atoms with Gasteiger partial charge in [-0.3, -0.25) is 0 Å². The lowest BCUT2D eigenvalue weighted by molar-refractivity contribution is 0.323. The summed E-state index contributed by atoms with van der Waals surface area (Å²) in [5, 5.41) is 0. The van der Waals surface area contributed by atoms with Crippen LogP contribution in [0.3, 0.4) is 0 Å². The summed E-state index contributed by atoms with van der Waals surface area (Å²) >= 11 is 0. The molecule has 180 valence electrons. The second-order valence-electron chi connectivity index (χ2n) is 8.47. The van der Waals surface area contributed by atoms with Crippen molar-refractivity contribution in [3.63, 3.8) is 0 Å². The number of fused-ring (bicyclic) bond motifs is 2. The zero-order chi connectivity index (χ0) is 24.5. The van der Waals surface area contributed by atoms with E-state index in [0.29, 0.717) is 35.3 Å². The van der Waals surface area contributed by atoms with E-state index in [-0.39, 0.29) is 33.8 Å². The zero-order valence-corrected chi connectivity index (χ0v) is 20.5. The highest BCUT2D eigenvalue weighted by Gasteiger charge is 2.32. The third-order valence-corrected chi connectivity index (χ3v) is 9.22. The number of hydrogen-bond donors (Lipinski definition) is 1. The van der Waals surface area contributed by atoms with E-state index in [1.54, 1.807) is 18.2 Å². The first-order chi connectivity index (χ1) is 16.1. The van der Waals surface area contributed by atoms with Crippen molar-refractivity contribution in [3.8, 4) is 5.75 Å². The van der Waals surface area contributed by atoms with Crippen molar-refractivity contribution < 1.29 is 26.0 Å². The molecule has 0 amide bonds. The van der Waals surface area contributed by atoms with Crippen LogP contribution in [0.15, 0.2) is 75.4 Å². The molecular weight excluding hydrogens is 477 g/mol. The number of sulfonamides is 1. The first-order valence-corrected chi connectivity index (χ1v) is 13.9. The van der Waals surface area contributed by atoms with Crippen LogP contribution in [0.4, 0.5) is 4.39 Å². The average molecular weight is 504 g/mol. The standard InChI is InChI=1S/C25H26FNO5S2/c1-17(2)22-14-19-9-8-18-10-11-20(26)15-23(18)33(28,29)24(19)16-25(22)34(30,31)27-12-13-32-21-6-4-3-5-7-21/h3-7,10-11,14-17,27H,8-9,12-13H2,1-2H3. The summed E-state index contributed by atoms with van der Waals surface area (Å²) in [4.78, 5) is -0.303. The molecular formula is C25H26FNO5S2. The smallest absolute Gasteiger partial charge is 0.241 e. The van der Waals surface area contributed by atoms with Crippen molar-refractivity contribution in [2.45, 2.75) is 47.3 Å². The largest absolute Gasteiger partial charge is 0.492 e. The molecule has 1 N–H and O–H groups in total. The van der Waals surface area contributed by atoms with Gasteiger partial charge in [0, 0.05) is 6.54 Å². The number of nitrogens with one attached hydrogen (secondary N) is 1. The summed E-state index contributed by atoms with van der Waals surface area (Å²) in [6, 6.07) is 15.6. The number of rotatable bonds is 7. The van der Waals surface area contributed by atoms with E-state index < -0.39 is 25.7 Å². The van der Waals surface area contributed by atoms with Gasteiger partial charge in [0.05, 0.1) is 14.7 Å². The molecule has 1 aliphatic heterocycles. The molecule has 0 saturated heterocycles.